The molecule has 16 nitrogen and oxygen atoms in total. The van der Waals surface area contributed by atoms with Gasteiger partial charge in [0.25, 0.3) is 0 Å². The summed E-state index contributed by atoms with van der Waals surface area (Å²) in [6, 6.07) is 42.0. The molecule has 6 aromatic carbocycles. The molecule has 4 bridgehead atoms. The molecule has 0 saturated carbocycles. The number of rotatable bonds is 16. The Bertz CT molecular complexity index is 2690. The standard InChI is InChI=1S/C54H54N4O12/c1-66-52(63)48-49(60)43-27-40(23-25-47(43)68-32-36-16-8-3-9-17-36)39-22-24-46(67-31-35-14-6-2-7-15-35)41(26-39)28-44(57-54(65)70-34-38-20-12-5-13-21-38)50(61)56-45(51(62)58-48)29-42(59)30-55-53(64)69-33-37-18-10-4-11-19-37/h2-27,42,44-45,48-49,59-60H,28-34H2,1H3,(H,55,64)(H,56,61)(H,57,65)(H,58,62)/t42-,44+,45+,48+,49-/m1/s1. The van der Waals surface area contributed by atoms with Crippen LogP contribution in [0.1, 0.15) is 45.9 Å². The van der Waals surface area contributed by atoms with Gasteiger partial charge in [-0.25, -0.2) is 14.4 Å². The van der Waals surface area contributed by atoms with E-state index in [0.29, 0.717) is 28.0 Å². The van der Waals surface area contributed by atoms with Crippen LogP contribution >= 0.6 is 0 Å². The molecule has 6 N–H and O–H groups in total. The predicted octanol–water partition coefficient (Wildman–Crippen LogP) is 6.22. The van der Waals surface area contributed by atoms with Crippen molar-refractivity contribution >= 4 is 30.0 Å². The van der Waals surface area contributed by atoms with Gasteiger partial charge in [-0.2, -0.15) is 0 Å². The average molecular weight is 951 g/mol. The van der Waals surface area contributed by atoms with E-state index < -0.39 is 73.3 Å². The smallest absolute Gasteiger partial charge is 0.408 e. The third-order valence-corrected chi connectivity index (χ3v) is 11.3. The first-order chi connectivity index (χ1) is 34.0. The van der Waals surface area contributed by atoms with Crippen LogP contribution in [0.4, 0.5) is 9.59 Å². The summed E-state index contributed by atoms with van der Waals surface area (Å²) in [7, 11) is 1.08. The molecular formula is C54H54N4O12. The molecule has 7 rings (SSSR count). The molecule has 1 aliphatic rings. The minimum Gasteiger partial charge on any atom is -0.489 e. The Morgan fingerprint density at radius 1 is 0.629 bits per heavy atom. The van der Waals surface area contributed by atoms with Gasteiger partial charge in [-0.3, -0.25) is 9.59 Å². The number of benzene rings is 6. The lowest BCUT2D eigenvalue weighted by atomic mass is 9.94. The van der Waals surface area contributed by atoms with E-state index in [0.717, 1.165) is 23.8 Å². The summed E-state index contributed by atoms with van der Waals surface area (Å²) >= 11 is 0. The van der Waals surface area contributed by atoms with Crippen LogP contribution in [0.15, 0.2) is 158 Å². The molecule has 70 heavy (non-hydrogen) atoms. The number of hydrogen-bond acceptors (Lipinski definition) is 12. The number of alkyl carbamates (subject to hydrolysis) is 2. The summed E-state index contributed by atoms with van der Waals surface area (Å²) in [5.41, 5.74) is 4.83. The van der Waals surface area contributed by atoms with E-state index in [4.69, 9.17) is 23.7 Å². The van der Waals surface area contributed by atoms with Crippen molar-refractivity contribution in [2.75, 3.05) is 13.7 Å². The van der Waals surface area contributed by atoms with Gasteiger partial charge in [0, 0.05) is 24.9 Å². The van der Waals surface area contributed by atoms with Crippen molar-refractivity contribution in [3.05, 3.63) is 191 Å². The Morgan fingerprint density at radius 3 is 1.69 bits per heavy atom. The number of ether oxygens (including phenoxy) is 5. The second-order valence-corrected chi connectivity index (χ2v) is 16.4. The zero-order valence-electron chi connectivity index (χ0n) is 38.3. The highest BCUT2D eigenvalue weighted by Crippen LogP contribution is 2.36. The number of carbonyl (C=O) groups excluding carboxylic acids is 5. The van der Waals surface area contributed by atoms with E-state index in [9.17, 15) is 34.2 Å². The molecule has 0 spiro atoms. The largest absolute Gasteiger partial charge is 0.489 e. The van der Waals surface area contributed by atoms with Crippen LogP contribution in [0.25, 0.3) is 11.1 Å². The van der Waals surface area contributed by atoms with Crippen molar-refractivity contribution in [3.63, 3.8) is 0 Å². The molecule has 4 amide bonds. The van der Waals surface area contributed by atoms with Gasteiger partial charge < -0.3 is 55.2 Å². The summed E-state index contributed by atoms with van der Waals surface area (Å²) in [6.45, 7) is -0.344. The lowest BCUT2D eigenvalue weighted by molar-refractivity contribution is -0.149. The molecule has 5 atom stereocenters. The molecule has 0 fully saturated rings. The van der Waals surface area contributed by atoms with Crippen LogP contribution in [0.3, 0.4) is 0 Å². The van der Waals surface area contributed by atoms with Crippen LogP contribution in [0.2, 0.25) is 0 Å². The van der Waals surface area contributed by atoms with Crippen LogP contribution in [-0.4, -0.2) is 78.1 Å². The van der Waals surface area contributed by atoms with E-state index in [2.05, 4.69) is 21.3 Å². The van der Waals surface area contributed by atoms with Gasteiger partial charge in [-0.05, 0) is 63.2 Å². The Labute approximate surface area is 404 Å². The van der Waals surface area contributed by atoms with E-state index >= 15 is 0 Å². The van der Waals surface area contributed by atoms with Crippen LogP contribution in [-0.2, 0) is 61.4 Å². The zero-order chi connectivity index (χ0) is 49.2. The van der Waals surface area contributed by atoms with Crippen LogP contribution in [0.5, 0.6) is 11.5 Å². The highest BCUT2D eigenvalue weighted by molar-refractivity contribution is 5.93. The molecule has 0 aromatic heterocycles. The van der Waals surface area contributed by atoms with Crippen molar-refractivity contribution in [1.82, 2.24) is 21.3 Å². The molecule has 0 radical (unpaired) electrons. The molecule has 0 aliphatic carbocycles. The molecule has 1 heterocycles. The average Bonchev–Trinajstić information content (AvgIpc) is 3.39. The maximum atomic E-state index is 14.7. The molecule has 16 heteroatoms. The topological polar surface area (TPSA) is 220 Å². The van der Waals surface area contributed by atoms with Gasteiger partial charge in [-0.15, -0.1) is 0 Å². The van der Waals surface area contributed by atoms with Gasteiger partial charge in [0.15, 0.2) is 6.04 Å². The molecule has 6 aromatic rings. The van der Waals surface area contributed by atoms with Gasteiger partial charge >= 0.3 is 18.2 Å². The molecular weight excluding hydrogens is 897 g/mol. The summed E-state index contributed by atoms with van der Waals surface area (Å²) in [5, 5.41) is 33.8. The van der Waals surface area contributed by atoms with Gasteiger partial charge in [0.1, 0.15) is 56.1 Å². The van der Waals surface area contributed by atoms with Crippen molar-refractivity contribution in [2.24, 2.45) is 0 Å². The second-order valence-electron chi connectivity index (χ2n) is 16.4. The van der Waals surface area contributed by atoms with Gasteiger partial charge in [0.05, 0.1) is 13.2 Å². The Balaban J connectivity index is 1.26. The number of carbonyl (C=O) groups is 5. The van der Waals surface area contributed by atoms with E-state index in [1.54, 1.807) is 84.9 Å². The van der Waals surface area contributed by atoms with Crippen molar-refractivity contribution in [3.8, 4) is 22.6 Å². The van der Waals surface area contributed by atoms with Crippen molar-refractivity contribution in [2.45, 2.75) is 69.6 Å². The third kappa shape index (κ3) is 14.2. The fourth-order valence-corrected chi connectivity index (χ4v) is 7.62. The number of aliphatic hydroxyl groups is 2. The number of fused-ring (bicyclic) bond motifs is 5. The first-order valence-corrected chi connectivity index (χ1v) is 22.6. The minimum atomic E-state index is -1.80. The summed E-state index contributed by atoms with van der Waals surface area (Å²) < 4.78 is 28.5. The van der Waals surface area contributed by atoms with Crippen LogP contribution < -0.4 is 30.7 Å². The lowest BCUT2D eigenvalue weighted by Gasteiger charge is -2.28. The summed E-state index contributed by atoms with van der Waals surface area (Å²) in [6.07, 6.45) is -5.83. The number of nitrogens with one attached hydrogen (secondary N) is 4. The monoisotopic (exact) mass is 950 g/mol. The quantitative estimate of drug-likeness (QED) is 0.0471. The number of aliphatic hydroxyl groups excluding tert-OH is 2. The maximum Gasteiger partial charge on any atom is 0.408 e. The Morgan fingerprint density at radius 2 is 1.13 bits per heavy atom. The molecule has 1 aliphatic heterocycles. The number of methoxy groups -OCH3 is 1. The number of hydrogen-bond donors (Lipinski definition) is 6. The first-order valence-electron chi connectivity index (χ1n) is 22.6. The predicted molar refractivity (Wildman–Crippen MR) is 257 cm³/mol. The minimum absolute atomic E-state index is 0.0485. The Kier molecular flexibility index (Phi) is 17.5. The van der Waals surface area contributed by atoms with Gasteiger partial charge in [-0.1, -0.05) is 133 Å². The molecule has 0 unspecified atom stereocenters. The lowest BCUT2D eigenvalue weighted by Crippen LogP contribution is -2.58. The number of esters is 1. The second kappa shape index (κ2) is 24.7. The fourth-order valence-electron chi connectivity index (χ4n) is 7.62. The normalized spacial score (nSPS) is 17.2. The van der Waals surface area contributed by atoms with E-state index in [1.165, 1.54) is 0 Å². The number of amides is 4. The Hall–Kier alpha value is -8.21. The summed E-state index contributed by atoms with van der Waals surface area (Å²) in [5.74, 6) is -2.39. The highest BCUT2D eigenvalue weighted by atomic mass is 16.6. The van der Waals surface area contributed by atoms with Crippen molar-refractivity contribution in [1.29, 1.82) is 0 Å². The highest BCUT2D eigenvalue weighted by Gasteiger charge is 2.37. The fraction of sp³-hybridized carbons (Fsp3) is 0.241. The van der Waals surface area contributed by atoms with Crippen LogP contribution in [0, 0.1) is 0 Å². The van der Waals surface area contributed by atoms with Gasteiger partial charge in [0.2, 0.25) is 11.8 Å². The van der Waals surface area contributed by atoms with E-state index in [1.807, 2.05) is 72.8 Å². The maximum absolute atomic E-state index is 14.7. The summed E-state index contributed by atoms with van der Waals surface area (Å²) in [4.78, 5) is 69.0. The first kappa shape index (κ1) is 49.7. The zero-order valence-corrected chi connectivity index (χ0v) is 38.3. The van der Waals surface area contributed by atoms with E-state index in [-0.39, 0.29) is 44.2 Å². The SMILES string of the molecule is COC(=O)[C@H]1NC(=O)[C@H](C[C@@H](O)CNC(=O)OCc2ccccc2)NC(=O)[C@@H](NC(=O)OCc2ccccc2)Cc2cc(ccc2OCc2ccccc2)-c2ccc(OCc3ccccc3)c(c2)[C@H]1O. The van der Waals surface area contributed by atoms with Crippen molar-refractivity contribution < 1.29 is 57.9 Å². The third-order valence-electron chi connectivity index (χ3n) is 11.3. The molecule has 362 valence electrons. The molecule has 0 saturated heterocycles.